The third-order valence-electron chi connectivity index (χ3n) is 2.66. The molecule has 0 bridgehead atoms. The molecule has 0 radical (unpaired) electrons. The molecule has 0 fully saturated rings. The normalized spacial score (nSPS) is 10.5. The maximum Gasteiger partial charge on any atom is 0.131 e. The van der Waals surface area contributed by atoms with E-state index in [0.717, 1.165) is 18.2 Å². The van der Waals surface area contributed by atoms with Crippen LogP contribution < -0.4 is 10.6 Å². The van der Waals surface area contributed by atoms with E-state index in [2.05, 4.69) is 65.6 Å². The first-order valence-electron chi connectivity index (χ1n) is 6.51. The first-order chi connectivity index (χ1) is 9.13. The highest BCUT2D eigenvalue weighted by molar-refractivity contribution is 5.47. The maximum absolute atomic E-state index is 4.22. The van der Waals surface area contributed by atoms with E-state index in [1.165, 1.54) is 11.1 Å². The van der Waals surface area contributed by atoms with Crippen molar-refractivity contribution < 1.29 is 0 Å². The lowest BCUT2D eigenvalue weighted by atomic mass is 10.1. The Bertz CT molecular complexity index is 537. The van der Waals surface area contributed by atoms with Crippen LogP contribution in [0.15, 0.2) is 36.7 Å². The third kappa shape index (κ3) is 4.25. The number of anilines is 2. The molecule has 0 spiro atoms. The molecular formula is C15H20N4. The molecule has 2 rings (SSSR count). The van der Waals surface area contributed by atoms with Crippen LogP contribution in [-0.4, -0.2) is 16.0 Å². The fourth-order valence-corrected chi connectivity index (χ4v) is 1.84. The van der Waals surface area contributed by atoms with Gasteiger partial charge in [0.15, 0.2) is 0 Å². The van der Waals surface area contributed by atoms with Gasteiger partial charge in [0.05, 0.1) is 0 Å². The van der Waals surface area contributed by atoms with Gasteiger partial charge in [-0.3, -0.25) is 0 Å². The molecule has 100 valence electrons. The van der Waals surface area contributed by atoms with Crippen LogP contribution in [-0.2, 0) is 6.54 Å². The van der Waals surface area contributed by atoms with Gasteiger partial charge in [0.2, 0.25) is 0 Å². The standard InChI is InChI=1S/C15H20N4/c1-11(2)19-15-8-14(17-10-18-15)16-9-13-6-4-5-12(3)7-13/h4-8,10-11H,9H2,1-3H3,(H2,16,17,18,19). The van der Waals surface area contributed by atoms with Gasteiger partial charge in [-0.05, 0) is 26.3 Å². The van der Waals surface area contributed by atoms with Crippen LogP contribution in [0.4, 0.5) is 11.6 Å². The Morgan fingerprint density at radius 3 is 2.63 bits per heavy atom. The summed E-state index contributed by atoms with van der Waals surface area (Å²) in [6, 6.07) is 10.7. The summed E-state index contributed by atoms with van der Waals surface area (Å²) in [5.74, 6) is 1.68. The molecule has 4 nitrogen and oxygen atoms in total. The Labute approximate surface area is 114 Å². The molecule has 2 aromatic rings. The predicted octanol–water partition coefficient (Wildman–Crippen LogP) is 3.22. The van der Waals surface area contributed by atoms with Gasteiger partial charge in [-0.15, -0.1) is 0 Å². The molecule has 1 heterocycles. The number of hydrogen-bond donors (Lipinski definition) is 2. The van der Waals surface area contributed by atoms with Crippen LogP contribution in [0.5, 0.6) is 0 Å². The van der Waals surface area contributed by atoms with E-state index < -0.39 is 0 Å². The number of aromatic nitrogens is 2. The van der Waals surface area contributed by atoms with Crippen LogP contribution in [0.3, 0.4) is 0 Å². The smallest absolute Gasteiger partial charge is 0.131 e. The van der Waals surface area contributed by atoms with Gasteiger partial charge in [0.25, 0.3) is 0 Å². The van der Waals surface area contributed by atoms with Gasteiger partial charge in [-0.2, -0.15) is 0 Å². The lowest BCUT2D eigenvalue weighted by Crippen LogP contribution is -2.11. The quantitative estimate of drug-likeness (QED) is 0.862. The highest BCUT2D eigenvalue weighted by Crippen LogP contribution is 2.11. The molecule has 0 aliphatic carbocycles. The minimum Gasteiger partial charge on any atom is -0.368 e. The molecule has 0 aliphatic heterocycles. The van der Waals surface area contributed by atoms with Crippen molar-refractivity contribution >= 4 is 11.6 Å². The van der Waals surface area contributed by atoms with Gasteiger partial charge >= 0.3 is 0 Å². The Hall–Kier alpha value is -2.10. The van der Waals surface area contributed by atoms with Crippen LogP contribution in [0, 0.1) is 6.92 Å². The molecule has 0 saturated heterocycles. The number of aryl methyl sites for hydroxylation is 1. The van der Waals surface area contributed by atoms with Crippen LogP contribution in [0.2, 0.25) is 0 Å². The third-order valence-corrected chi connectivity index (χ3v) is 2.66. The number of nitrogens with zero attached hydrogens (tertiary/aromatic N) is 2. The molecule has 0 saturated carbocycles. The van der Waals surface area contributed by atoms with Crippen LogP contribution in [0.25, 0.3) is 0 Å². The van der Waals surface area contributed by atoms with Crippen molar-refractivity contribution in [2.45, 2.75) is 33.4 Å². The van der Waals surface area contributed by atoms with Crippen molar-refractivity contribution in [3.63, 3.8) is 0 Å². The highest BCUT2D eigenvalue weighted by atomic mass is 15.1. The summed E-state index contributed by atoms with van der Waals surface area (Å²) in [5, 5.41) is 6.57. The lowest BCUT2D eigenvalue weighted by Gasteiger charge is -2.11. The van der Waals surface area contributed by atoms with Gasteiger partial charge in [-0.25, -0.2) is 9.97 Å². The second-order valence-electron chi connectivity index (χ2n) is 4.93. The zero-order valence-electron chi connectivity index (χ0n) is 11.6. The van der Waals surface area contributed by atoms with E-state index in [1.54, 1.807) is 6.33 Å². The monoisotopic (exact) mass is 256 g/mol. The van der Waals surface area contributed by atoms with Crippen LogP contribution >= 0.6 is 0 Å². The zero-order chi connectivity index (χ0) is 13.7. The molecule has 0 aliphatic rings. The van der Waals surface area contributed by atoms with Gasteiger partial charge in [0.1, 0.15) is 18.0 Å². The fraction of sp³-hybridized carbons (Fsp3) is 0.333. The van der Waals surface area contributed by atoms with Crippen LogP contribution in [0.1, 0.15) is 25.0 Å². The van der Waals surface area contributed by atoms with E-state index in [-0.39, 0.29) is 0 Å². The largest absolute Gasteiger partial charge is 0.368 e. The van der Waals surface area contributed by atoms with E-state index in [0.29, 0.717) is 6.04 Å². The first kappa shape index (κ1) is 13.3. The summed E-state index contributed by atoms with van der Waals surface area (Å²) in [7, 11) is 0. The number of hydrogen-bond acceptors (Lipinski definition) is 4. The molecule has 0 atom stereocenters. The average Bonchev–Trinajstić information content (AvgIpc) is 2.36. The van der Waals surface area contributed by atoms with Crippen molar-refractivity contribution in [1.82, 2.24) is 9.97 Å². The molecule has 2 N–H and O–H groups in total. The summed E-state index contributed by atoms with van der Waals surface area (Å²) in [4.78, 5) is 8.41. The Morgan fingerprint density at radius 2 is 1.89 bits per heavy atom. The fourth-order valence-electron chi connectivity index (χ4n) is 1.84. The van der Waals surface area contributed by atoms with E-state index >= 15 is 0 Å². The van der Waals surface area contributed by atoms with Crippen molar-refractivity contribution in [3.05, 3.63) is 47.8 Å². The van der Waals surface area contributed by atoms with Gasteiger partial charge < -0.3 is 10.6 Å². The molecule has 1 aromatic heterocycles. The summed E-state index contributed by atoms with van der Waals surface area (Å²) in [6.07, 6.45) is 1.57. The minimum atomic E-state index is 0.361. The summed E-state index contributed by atoms with van der Waals surface area (Å²) < 4.78 is 0. The Balaban J connectivity index is 1.99. The summed E-state index contributed by atoms with van der Waals surface area (Å²) in [5.41, 5.74) is 2.51. The average molecular weight is 256 g/mol. The van der Waals surface area contributed by atoms with Gasteiger partial charge in [0, 0.05) is 18.7 Å². The molecule has 4 heteroatoms. The molecular weight excluding hydrogens is 236 g/mol. The van der Waals surface area contributed by atoms with Gasteiger partial charge in [-0.1, -0.05) is 29.8 Å². The van der Waals surface area contributed by atoms with Crippen molar-refractivity contribution in [3.8, 4) is 0 Å². The second-order valence-corrected chi connectivity index (χ2v) is 4.93. The maximum atomic E-state index is 4.22. The minimum absolute atomic E-state index is 0.361. The lowest BCUT2D eigenvalue weighted by molar-refractivity contribution is 0.886. The zero-order valence-corrected chi connectivity index (χ0v) is 11.6. The molecule has 0 unspecified atom stereocenters. The molecule has 0 amide bonds. The van der Waals surface area contributed by atoms with Crippen molar-refractivity contribution in [2.75, 3.05) is 10.6 Å². The SMILES string of the molecule is Cc1cccc(CNc2cc(NC(C)C)ncn2)c1. The van der Waals surface area contributed by atoms with Crippen molar-refractivity contribution in [2.24, 2.45) is 0 Å². The second kappa shape index (κ2) is 6.18. The summed E-state index contributed by atoms with van der Waals surface area (Å²) in [6.45, 7) is 7.03. The number of benzene rings is 1. The topological polar surface area (TPSA) is 49.8 Å². The highest BCUT2D eigenvalue weighted by Gasteiger charge is 2.00. The molecule has 1 aromatic carbocycles. The Kier molecular flexibility index (Phi) is 4.34. The Morgan fingerprint density at radius 1 is 1.11 bits per heavy atom. The van der Waals surface area contributed by atoms with E-state index in [1.807, 2.05) is 6.07 Å². The molecule has 19 heavy (non-hydrogen) atoms. The first-order valence-corrected chi connectivity index (χ1v) is 6.51. The predicted molar refractivity (Wildman–Crippen MR) is 79.3 cm³/mol. The number of rotatable bonds is 5. The van der Waals surface area contributed by atoms with E-state index in [9.17, 15) is 0 Å². The van der Waals surface area contributed by atoms with E-state index in [4.69, 9.17) is 0 Å². The summed E-state index contributed by atoms with van der Waals surface area (Å²) >= 11 is 0. The number of nitrogens with one attached hydrogen (secondary N) is 2. The van der Waals surface area contributed by atoms with Crippen molar-refractivity contribution in [1.29, 1.82) is 0 Å².